The third kappa shape index (κ3) is 3.36. The third-order valence-corrected chi connectivity index (χ3v) is 4.84. The van der Waals surface area contributed by atoms with Crippen LogP contribution in [0, 0.1) is 0 Å². The molecule has 1 saturated heterocycles. The van der Waals surface area contributed by atoms with Crippen molar-refractivity contribution in [2.45, 2.75) is 25.9 Å². The molecule has 0 aliphatic carbocycles. The highest BCUT2D eigenvalue weighted by atomic mass is 32.1. The Hall–Kier alpha value is -1.72. The molecule has 1 aromatic heterocycles. The molecule has 2 aromatic rings. The Morgan fingerprint density at radius 2 is 2.23 bits per heavy atom. The van der Waals surface area contributed by atoms with Crippen LogP contribution in [0.4, 0.5) is 0 Å². The molecule has 0 saturated carbocycles. The van der Waals surface area contributed by atoms with Gasteiger partial charge in [-0.25, -0.2) is 4.98 Å². The largest absolute Gasteiger partial charge is 0.377 e. The van der Waals surface area contributed by atoms with Gasteiger partial charge in [-0.2, -0.15) is 0 Å². The topological polar surface area (TPSA) is 42.4 Å². The van der Waals surface area contributed by atoms with Gasteiger partial charge in [-0.15, -0.1) is 11.3 Å². The van der Waals surface area contributed by atoms with Gasteiger partial charge in [0.15, 0.2) is 0 Å². The smallest absolute Gasteiger partial charge is 0.265 e. The van der Waals surface area contributed by atoms with Crippen LogP contribution < -0.4 is 0 Å². The molecule has 5 heteroatoms. The quantitative estimate of drug-likeness (QED) is 0.867. The summed E-state index contributed by atoms with van der Waals surface area (Å²) < 4.78 is 5.67. The molecule has 0 bridgehead atoms. The summed E-state index contributed by atoms with van der Waals surface area (Å²) in [7, 11) is 0. The maximum absolute atomic E-state index is 12.6. The van der Waals surface area contributed by atoms with Crippen molar-refractivity contribution in [3.05, 3.63) is 41.4 Å². The summed E-state index contributed by atoms with van der Waals surface area (Å²) in [5.74, 6) is 0.0732. The van der Waals surface area contributed by atoms with E-state index in [-0.39, 0.29) is 12.0 Å². The normalized spacial score (nSPS) is 18.4. The van der Waals surface area contributed by atoms with Crippen LogP contribution in [-0.2, 0) is 4.74 Å². The molecular formula is C17H20N2O2S. The number of carbonyl (C=O) groups excluding carboxylic acids is 1. The maximum Gasteiger partial charge on any atom is 0.265 e. The molecule has 0 spiro atoms. The number of hydrogen-bond donors (Lipinski definition) is 0. The first kappa shape index (κ1) is 15.2. The molecule has 3 rings (SSSR count). The van der Waals surface area contributed by atoms with Crippen LogP contribution in [0.3, 0.4) is 0 Å². The lowest BCUT2D eigenvalue weighted by molar-refractivity contribution is 0.00741. The summed E-state index contributed by atoms with van der Waals surface area (Å²) in [4.78, 5) is 19.6. The Balaban J connectivity index is 1.71. The number of ether oxygens (including phenoxy) is 1. The lowest BCUT2D eigenvalue weighted by atomic mass is 10.1. The van der Waals surface area contributed by atoms with E-state index in [4.69, 9.17) is 4.74 Å². The zero-order valence-corrected chi connectivity index (χ0v) is 13.5. The van der Waals surface area contributed by atoms with Crippen LogP contribution in [0.5, 0.6) is 0 Å². The SMILES string of the molecule is CCOC1CCCN(C(=O)c2cnc(-c3ccccc3)s2)C1. The monoisotopic (exact) mass is 316 g/mol. The Bertz CT molecular complexity index is 625. The van der Waals surface area contributed by atoms with Crippen molar-refractivity contribution in [2.24, 2.45) is 0 Å². The van der Waals surface area contributed by atoms with E-state index < -0.39 is 0 Å². The number of thiazole rings is 1. The Morgan fingerprint density at radius 3 is 3.00 bits per heavy atom. The molecule has 1 fully saturated rings. The maximum atomic E-state index is 12.6. The Kier molecular flexibility index (Phi) is 4.85. The molecule has 1 atom stereocenters. The van der Waals surface area contributed by atoms with Crippen molar-refractivity contribution in [1.82, 2.24) is 9.88 Å². The van der Waals surface area contributed by atoms with Gasteiger partial charge < -0.3 is 9.64 Å². The zero-order chi connectivity index (χ0) is 15.4. The van der Waals surface area contributed by atoms with E-state index in [1.54, 1.807) is 6.20 Å². The number of piperidine rings is 1. The minimum atomic E-state index is 0.0732. The lowest BCUT2D eigenvalue weighted by Gasteiger charge is -2.32. The number of likely N-dealkylation sites (tertiary alicyclic amines) is 1. The molecule has 22 heavy (non-hydrogen) atoms. The van der Waals surface area contributed by atoms with E-state index in [2.05, 4.69) is 4.98 Å². The summed E-state index contributed by atoms with van der Waals surface area (Å²) in [6.45, 7) is 4.19. The molecule has 1 aliphatic heterocycles. The fourth-order valence-corrected chi connectivity index (χ4v) is 3.63. The summed E-state index contributed by atoms with van der Waals surface area (Å²) >= 11 is 1.46. The highest BCUT2D eigenvalue weighted by molar-refractivity contribution is 7.16. The summed E-state index contributed by atoms with van der Waals surface area (Å²) in [6, 6.07) is 9.97. The van der Waals surface area contributed by atoms with E-state index in [1.807, 2.05) is 42.2 Å². The molecule has 4 nitrogen and oxygen atoms in total. The predicted molar refractivity (Wildman–Crippen MR) is 88.1 cm³/mol. The fourth-order valence-electron chi connectivity index (χ4n) is 2.74. The van der Waals surface area contributed by atoms with E-state index in [9.17, 15) is 4.79 Å². The molecule has 1 amide bonds. The van der Waals surface area contributed by atoms with Crippen LogP contribution in [0.1, 0.15) is 29.4 Å². The van der Waals surface area contributed by atoms with Crippen LogP contribution >= 0.6 is 11.3 Å². The van der Waals surface area contributed by atoms with Gasteiger partial charge in [0.1, 0.15) is 9.88 Å². The van der Waals surface area contributed by atoms with E-state index >= 15 is 0 Å². The van der Waals surface area contributed by atoms with Gasteiger partial charge >= 0.3 is 0 Å². The van der Waals surface area contributed by atoms with Crippen LogP contribution in [0.15, 0.2) is 36.5 Å². The number of amides is 1. The van der Waals surface area contributed by atoms with Gasteiger partial charge in [-0.05, 0) is 19.8 Å². The first-order valence-corrected chi connectivity index (χ1v) is 8.51. The van der Waals surface area contributed by atoms with Gasteiger partial charge in [0, 0.05) is 25.3 Å². The standard InChI is InChI=1S/C17H20N2O2S/c1-2-21-14-9-6-10-19(12-14)17(20)15-11-18-16(22-15)13-7-4-3-5-8-13/h3-5,7-8,11,14H,2,6,9-10,12H2,1H3. The van der Waals surface area contributed by atoms with Crippen LogP contribution in [0.2, 0.25) is 0 Å². The number of benzene rings is 1. The number of hydrogen-bond acceptors (Lipinski definition) is 4. The lowest BCUT2D eigenvalue weighted by Crippen LogP contribution is -2.43. The first-order valence-electron chi connectivity index (χ1n) is 7.70. The Labute approximate surface area is 134 Å². The molecule has 2 heterocycles. The predicted octanol–water partition coefficient (Wildman–Crippen LogP) is 3.45. The second-order valence-electron chi connectivity index (χ2n) is 5.37. The molecule has 116 valence electrons. The van der Waals surface area contributed by atoms with Gasteiger partial charge in [0.05, 0.1) is 12.3 Å². The summed E-state index contributed by atoms with van der Waals surface area (Å²) in [5, 5.41) is 0.891. The molecule has 0 N–H and O–H groups in total. The van der Waals surface area contributed by atoms with E-state index in [0.717, 1.165) is 30.0 Å². The number of rotatable bonds is 4. The van der Waals surface area contributed by atoms with Crippen LogP contribution in [-0.4, -0.2) is 41.6 Å². The van der Waals surface area contributed by atoms with Crippen molar-refractivity contribution in [3.63, 3.8) is 0 Å². The Morgan fingerprint density at radius 1 is 1.41 bits per heavy atom. The van der Waals surface area contributed by atoms with E-state index in [1.165, 1.54) is 11.3 Å². The second-order valence-corrected chi connectivity index (χ2v) is 6.40. The van der Waals surface area contributed by atoms with Crippen molar-refractivity contribution in [3.8, 4) is 10.6 Å². The average Bonchev–Trinajstić information content (AvgIpc) is 3.05. The molecule has 1 aromatic carbocycles. The van der Waals surface area contributed by atoms with Crippen molar-refractivity contribution < 1.29 is 9.53 Å². The molecule has 0 radical (unpaired) electrons. The fraction of sp³-hybridized carbons (Fsp3) is 0.412. The van der Waals surface area contributed by atoms with Crippen molar-refractivity contribution in [1.29, 1.82) is 0 Å². The van der Waals surface area contributed by atoms with E-state index in [0.29, 0.717) is 18.0 Å². The molecule has 1 unspecified atom stereocenters. The zero-order valence-electron chi connectivity index (χ0n) is 12.7. The summed E-state index contributed by atoms with van der Waals surface area (Å²) in [5.41, 5.74) is 1.05. The van der Waals surface area contributed by atoms with Crippen LogP contribution in [0.25, 0.3) is 10.6 Å². The third-order valence-electron chi connectivity index (χ3n) is 3.80. The minimum absolute atomic E-state index is 0.0732. The average molecular weight is 316 g/mol. The number of nitrogens with zero attached hydrogens (tertiary/aromatic N) is 2. The van der Waals surface area contributed by atoms with Gasteiger partial charge in [0.25, 0.3) is 5.91 Å². The molecular weight excluding hydrogens is 296 g/mol. The minimum Gasteiger partial charge on any atom is -0.377 e. The first-order chi connectivity index (χ1) is 10.8. The number of aromatic nitrogens is 1. The highest BCUT2D eigenvalue weighted by Crippen LogP contribution is 2.26. The second kappa shape index (κ2) is 7.03. The van der Waals surface area contributed by atoms with Gasteiger partial charge in [0.2, 0.25) is 0 Å². The van der Waals surface area contributed by atoms with Gasteiger partial charge in [-0.1, -0.05) is 30.3 Å². The highest BCUT2D eigenvalue weighted by Gasteiger charge is 2.26. The molecule has 1 aliphatic rings. The summed E-state index contributed by atoms with van der Waals surface area (Å²) in [6.07, 6.45) is 3.90. The van der Waals surface area contributed by atoms with Crippen molar-refractivity contribution >= 4 is 17.2 Å². The van der Waals surface area contributed by atoms with Gasteiger partial charge in [-0.3, -0.25) is 4.79 Å². The van der Waals surface area contributed by atoms with Crippen molar-refractivity contribution in [2.75, 3.05) is 19.7 Å². The number of carbonyl (C=O) groups is 1.